The quantitative estimate of drug-likeness (QED) is 0.796. The topological polar surface area (TPSA) is 38.3 Å². The third-order valence-electron chi connectivity index (χ3n) is 2.41. The first kappa shape index (κ1) is 14.4. The zero-order chi connectivity index (χ0) is 13.5. The van der Waals surface area contributed by atoms with Crippen molar-refractivity contribution in [3.05, 3.63) is 29.8 Å². The number of nitrogens with one attached hydrogen (secondary N) is 1. The highest BCUT2D eigenvalue weighted by Gasteiger charge is 2.19. The van der Waals surface area contributed by atoms with Crippen LogP contribution in [0.15, 0.2) is 18.2 Å². The van der Waals surface area contributed by atoms with Crippen LogP contribution in [-0.4, -0.2) is 18.6 Å². The highest BCUT2D eigenvalue weighted by molar-refractivity contribution is 5.79. The highest BCUT2D eigenvalue weighted by atomic mass is 19.1. The van der Waals surface area contributed by atoms with Gasteiger partial charge in [0.1, 0.15) is 17.7 Å². The van der Waals surface area contributed by atoms with Gasteiger partial charge in [-0.2, -0.15) is 0 Å². The first-order valence-electron chi connectivity index (χ1n) is 5.96. The van der Waals surface area contributed by atoms with Gasteiger partial charge in [-0.25, -0.2) is 13.6 Å². The zero-order valence-corrected chi connectivity index (χ0v) is 10.5. The molecule has 1 aromatic rings. The van der Waals surface area contributed by atoms with Crippen LogP contribution >= 0.6 is 0 Å². The molecule has 0 aliphatic rings. The molecule has 100 valence electrons. The Labute approximate surface area is 105 Å². The lowest BCUT2D eigenvalue weighted by Gasteiger charge is -2.18. The molecule has 1 rings (SSSR count). The Balaban J connectivity index is 2.79. The van der Waals surface area contributed by atoms with Crippen molar-refractivity contribution >= 4 is 11.7 Å². The number of ether oxygens (including phenoxy) is 1. The Hall–Kier alpha value is -1.65. The van der Waals surface area contributed by atoms with Crippen LogP contribution in [0, 0.1) is 11.6 Å². The Morgan fingerprint density at radius 2 is 2.11 bits per heavy atom. The number of hydrogen-bond donors (Lipinski definition) is 1. The molecule has 0 aliphatic heterocycles. The minimum atomic E-state index is -0.722. The number of carbonyl (C=O) groups excluding carboxylic acids is 1. The van der Waals surface area contributed by atoms with E-state index in [0.717, 1.165) is 18.6 Å². The van der Waals surface area contributed by atoms with Crippen molar-refractivity contribution in [1.82, 2.24) is 0 Å². The summed E-state index contributed by atoms with van der Waals surface area (Å²) in [6.45, 7) is 3.89. The first-order valence-corrected chi connectivity index (χ1v) is 5.96. The summed E-state index contributed by atoms with van der Waals surface area (Å²) in [6, 6.07) is 2.57. The van der Waals surface area contributed by atoms with E-state index < -0.39 is 23.6 Å². The number of benzene rings is 1. The zero-order valence-electron chi connectivity index (χ0n) is 10.5. The average molecular weight is 257 g/mol. The molecule has 5 heteroatoms. The molecule has 18 heavy (non-hydrogen) atoms. The van der Waals surface area contributed by atoms with Crippen LogP contribution in [0.2, 0.25) is 0 Å². The smallest absolute Gasteiger partial charge is 0.328 e. The lowest BCUT2D eigenvalue weighted by atomic mass is 10.1. The van der Waals surface area contributed by atoms with Crippen LogP contribution < -0.4 is 5.32 Å². The summed E-state index contributed by atoms with van der Waals surface area (Å²) in [5.41, 5.74) is 0.0999. The maximum Gasteiger partial charge on any atom is 0.328 e. The van der Waals surface area contributed by atoms with Gasteiger partial charge < -0.3 is 10.1 Å². The van der Waals surface area contributed by atoms with Gasteiger partial charge in [0.05, 0.1) is 12.3 Å². The van der Waals surface area contributed by atoms with Crippen molar-refractivity contribution in [3.63, 3.8) is 0 Å². The Morgan fingerprint density at radius 1 is 1.39 bits per heavy atom. The highest BCUT2D eigenvalue weighted by Crippen LogP contribution is 2.17. The van der Waals surface area contributed by atoms with Crippen molar-refractivity contribution in [2.24, 2.45) is 0 Å². The molecule has 0 amide bonds. The molecular weight excluding hydrogens is 240 g/mol. The Kier molecular flexibility index (Phi) is 5.55. The van der Waals surface area contributed by atoms with Crippen LogP contribution in [0.5, 0.6) is 0 Å². The number of rotatable bonds is 6. The molecule has 0 saturated carbocycles. The molecule has 0 bridgehead atoms. The molecule has 1 unspecified atom stereocenters. The minimum Gasteiger partial charge on any atom is -0.464 e. The average Bonchev–Trinajstić information content (AvgIpc) is 2.32. The maximum atomic E-state index is 13.4. The molecule has 0 aliphatic carbocycles. The van der Waals surface area contributed by atoms with Gasteiger partial charge >= 0.3 is 5.97 Å². The Bertz CT molecular complexity index is 410. The fourth-order valence-corrected chi connectivity index (χ4v) is 1.57. The normalized spacial score (nSPS) is 12.0. The standard InChI is InChI=1S/C13H17F2NO2/c1-3-5-12(13(17)18-4-2)16-11-7-6-9(14)8-10(11)15/h6-8,12,16H,3-5H2,1-2H3. The van der Waals surface area contributed by atoms with Crippen molar-refractivity contribution < 1.29 is 18.3 Å². The van der Waals surface area contributed by atoms with Crippen LogP contribution in [0.4, 0.5) is 14.5 Å². The van der Waals surface area contributed by atoms with Gasteiger partial charge in [0.25, 0.3) is 0 Å². The Morgan fingerprint density at radius 3 is 2.67 bits per heavy atom. The third-order valence-corrected chi connectivity index (χ3v) is 2.41. The van der Waals surface area contributed by atoms with E-state index in [1.165, 1.54) is 6.07 Å². The minimum absolute atomic E-state index is 0.0999. The van der Waals surface area contributed by atoms with Crippen molar-refractivity contribution in [2.75, 3.05) is 11.9 Å². The van der Waals surface area contributed by atoms with E-state index in [2.05, 4.69) is 5.32 Å². The van der Waals surface area contributed by atoms with Crippen LogP contribution in [0.25, 0.3) is 0 Å². The van der Waals surface area contributed by atoms with E-state index in [4.69, 9.17) is 4.74 Å². The monoisotopic (exact) mass is 257 g/mol. The van der Waals surface area contributed by atoms with Gasteiger partial charge in [0.15, 0.2) is 0 Å². The van der Waals surface area contributed by atoms with E-state index in [1.807, 2.05) is 6.92 Å². The summed E-state index contributed by atoms with van der Waals surface area (Å²) in [5.74, 6) is -1.80. The van der Waals surface area contributed by atoms with E-state index in [9.17, 15) is 13.6 Å². The van der Waals surface area contributed by atoms with Crippen molar-refractivity contribution in [3.8, 4) is 0 Å². The summed E-state index contributed by atoms with van der Waals surface area (Å²) >= 11 is 0. The molecular formula is C13H17F2NO2. The van der Waals surface area contributed by atoms with E-state index in [1.54, 1.807) is 6.92 Å². The number of hydrogen-bond acceptors (Lipinski definition) is 3. The number of carbonyl (C=O) groups is 1. The summed E-state index contributed by atoms with van der Waals surface area (Å²) in [5, 5.41) is 2.74. The third kappa shape index (κ3) is 3.98. The summed E-state index contributed by atoms with van der Waals surface area (Å²) in [6.07, 6.45) is 1.27. The first-order chi connectivity index (χ1) is 8.58. The molecule has 0 aromatic heterocycles. The fraction of sp³-hybridized carbons (Fsp3) is 0.462. The number of anilines is 1. The van der Waals surface area contributed by atoms with E-state index in [-0.39, 0.29) is 12.3 Å². The van der Waals surface area contributed by atoms with E-state index in [0.29, 0.717) is 6.42 Å². The molecule has 0 heterocycles. The van der Waals surface area contributed by atoms with Gasteiger partial charge in [0, 0.05) is 6.07 Å². The summed E-state index contributed by atoms with van der Waals surface area (Å²) < 4.78 is 31.1. The van der Waals surface area contributed by atoms with Gasteiger partial charge in [-0.15, -0.1) is 0 Å². The van der Waals surface area contributed by atoms with Crippen molar-refractivity contribution in [1.29, 1.82) is 0 Å². The second kappa shape index (κ2) is 6.93. The van der Waals surface area contributed by atoms with Gasteiger partial charge in [-0.3, -0.25) is 0 Å². The molecule has 0 spiro atoms. The van der Waals surface area contributed by atoms with Crippen LogP contribution in [0.1, 0.15) is 26.7 Å². The molecule has 0 saturated heterocycles. The van der Waals surface area contributed by atoms with Gasteiger partial charge in [-0.1, -0.05) is 13.3 Å². The number of esters is 1. The molecule has 1 N–H and O–H groups in total. The van der Waals surface area contributed by atoms with Crippen LogP contribution in [-0.2, 0) is 9.53 Å². The van der Waals surface area contributed by atoms with Gasteiger partial charge in [0.2, 0.25) is 0 Å². The maximum absolute atomic E-state index is 13.4. The van der Waals surface area contributed by atoms with E-state index >= 15 is 0 Å². The lowest BCUT2D eigenvalue weighted by molar-refractivity contribution is -0.144. The molecule has 1 atom stereocenters. The second-order valence-electron chi connectivity index (χ2n) is 3.86. The van der Waals surface area contributed by atoms with Gasteiger partial charge in [-0.05, 0) is 25.5 Å². The second-order valence-corrected chi connectivity index (χ2v) is 3.86. The predicted molar refractivity (Wildman–Crippen MR) is 65.3 cm³/mol. The molecule has 3 nitrogen and oxygen atoms in total. The van der Waals surface area contributed by atoms with Crippen LogP contribution in [0.3, 0.4) is 0 Å². The SMILES string of the molecule is CCCC(Nc1ccc(F)cc1F)C(=O)OCC. The predicted octanol–water partition coefficient (Wildman–Crippen LogP) is 3.11. The number of halogens is 2. The largest absolute Gasteiger partial charge is 0.464 e. The summed E-state index contributed by atoms with van der Waals surface area (Å²) in [7, 11) is 0. The molecule has 1 aromatic carbocycles. The fourth-order valence-electron chi connectivity index (χ4n) is 1.57. The molecule has 0 radical (unpaired) electrons. The lowest BCUT2D eigenvalue weighted by Crippen LogP contribution is -2.31. The van der Waals surface area contributed by atoms with Crippen molar-refractivity contribution in [2.45, 2.75) is 32.7 Å². The summed E-state index contributed by atoms with van der Waals surface area (Å²) in [4.78, 5) is 11.6. The molecule has 0 fully saturated rings.